The molecule has 0 saturated carbocycles. The highest BCUT2D eigenvalue weighted by Gasteiger charge is 2.21. The van der Waals surface area contributed by atoms with E-state index >= 15 is 0 Å². The van der Waals surface area contributed by atoms with Gasteiger partial charge in [0, 0.05) is 0 Å². The molecule has 4 heteroatoms. The normalized spacial score (nSPS) is 14.8. The predicted molar refractivity (Wildman–Crippen MR) is 55.0 cm³/mol. The van der Waals surface area contributed by atoms with Crippen molar-refractivity contribution in [2.24, 2.45) is 11.8 Å². The lowest BCUT2D eigenvalue weighted by molar-refractivity contribution is -0.143. The Hall–Kier alpha value is -0.210. The molecule has 13 heavy (non-hydrogen) atoms. The fourth-order valence-electron chi connectivity index (χ4n) is 1.08. The molecule has 0 heterocycles. The van der Waals surface area contributed by atoms with Crippen molar-refractivity contribution in [1.29, 1.82) is 0 Å². The van der Waals surface area contributed by atoms with Crippen LogP contribution in [0.5, 0.6) is 0 Å². The SMILES string of the molecule is CCC(C)C(CC=C(Cl)Cl)C(=O)O. The van der Waals surface area contributed by atoms with Crippen LogP contribution in [0.2, 0.25) is 0 Å². The van der Waals surface area contributed by atoms with Gasteiger partial charge in [0.25, 0.3) is 0 Å². The molecule has 0 aliphatic rings. The molecule has 0 radical (unpaired) electrons. The molecule has 0 bridgehead atoms. The first kappa shape index (κ1) is 12.8. The van der Waals surface area contributed by atoms with Gasteiger partial charge in [0.1, 0.15) is 4.49 Å². The summed E-state index contributed by atoms with van der Waals surface area (Å²) in [5, 5.41) is 8.87. The zero-order valence-electron chi connectivity index (χ0n) is 7.76. The number of carbonyl (C=O) groups is 1. The molecular weight excluding hydrogens is 211 g/mol. The second-order valence-electron chi connectivity index (χ2n) is 3.06. The molecule has 2 nitrogen and oxygen atoms in total. The molecule has 2 atom stereocenters. The van der Waals surface area contributed by atoms with Crippen molar-refractivity contribution >= 4 is 29.2 Å². The molecule has 0 rings (SSSR count). The fourth-order valence-corrected chi connectivity index (χ4v) is 1.26. The molecule has 0 aliphatic carbocycles. The van der Waals surface area contributed by atoms with Crippen LogP contribution in [0, 0.1) is 11.8 Å². The smallest absolute Gasteiger partial charge is 0.307 e. The first-order chi connectivity index (χ1) is 5.99. The van der Waals surface area contributed by atoms with E-state index in [0.717, 1.165) is 6.42 Å². The quantitative estimate of drug-likeness (QED) is 0.778. The number of allylic oxidation sites excluding steroid dienone is 1. The Morgan fingerprint density at radius 2 is 2.08 bits per heavy atom. The minimum atomic E-state index is -0.791. The van der Waals surface area contributed by atoms with Gasteiger partial charge < -0.3 is 5.11 Å². The maximum atomic E-state index is 10.8. The summed E-state index contributed by atoms with van der Waals surface area (Å²) < 4.78 is 0.134. The highest BCUT2D eigenvalue weighted by Crippen LogP contribution is 2.21. The topological polar surface area (TPSA) is 37.3 Å². The van der Waals surface area contributed by atoms with Gasteiger partial charge in [-0.1, -0.05) is 49.5 Å². The van der Waals surface area contributed by atoms with E-state index in [4.69, 9.17) is 28.3 Å². The summed E-state index contributed by atoms with van der Waals surface area (Å²) in [6.45, 7) is 3.88. The molecule has 0 fully saturated rings. The highest BCUT2D eigenvalue weighted by molar-refractivity contribution is 6.55. The van der Waals surface area contributed by atoms with Crippen LogP contribution in [-0.4, -0.2) is 11.1 Å². The molecule has 0 aromatic rings. The average Bonchev–Trinajstić information content (AvgIpc) is 2.03. The number of carboxylic acids is 1. The van der Waals surface area contributed by atoms with E-state index in [1.807, 2.05) is 13.8 Å². The Morgan fingerprint density at radius 3 is 2.38 bits per heavy atom. The maximum Gasteiger partial charge on any atom is 0.307 e. The van der Waals surface area contributed by atoms with E-state index in [1.54, 1.807) is 0 Å². The largest absolute Gasteiger partial charge is 0.481 e. The minimum Gasteiger partial charge on any atom is -0.481 e. The fraction of sp³-hybridized carbons (Fsp3) is 0.667. The summed E-state index contributed by atoms with van der Waals surface area (Å²) in [6.07, 6.45) is 2.77. The van der Waals surface area contributed by atoms with Gasteiger partial charge >= 0.3 is 5.97 Å². The molecule has 1 N–H and O–H groups in total. The molecule has 0 aliphatic heterocycles. The van der Waals surface area contributed by atoms with Gasteiger partial charge in [-0.25, -0.2) is 0 Å². The number of hydrogen-bond donors (Lipinski definition) is 1. The van der Waals surface area contributed by atoms with Crippen molar-refractivity contribution in [1.82, 2.24) is 0 Å². The van der Waals surface area contributed by atoms with Gasteiger partial charge in [0.2, 0.25) is 0 Å². The van der Waals surface area contributed by atoms with Crippen LogP contribution in [0.25, 0.3) is 0 Å². The van der Waals surface area contributed by atoms with Crippen molar-refractivity contribution in [3.8, 4) is 0 Å². The van der Waals surface area contributed by atoms with E-state index < -0.39 is 11.9 Å². The molecule has 0 aromatic heterocycles. The second kappa shape index (κ2) is 6.28. The van der Waals surface area contributed by atoms with Crippen LogP contribution in [0.4, 0.5) is 0 Å². The van der Waals surface area contributed by atoms with Crippen LogP contribution in [0.15, 0.2) is 10.6 Å². The van der Waals surface area contributed by atoms with Crippen molar-refractivity contribution in [2.45, 2.75) is 26.7 Å². The summed E-state index contributed by atoms with van der Waals surface area (Å²) in [5.41, 5.74) is 0. The summed E-state index contributed by atoms with van der Waals surface area (Å²) in [7, 11) is 0. The predicted octanol–water partition coefficient (Wildman–Crippen LogP) is 3.44. The number of hydrogen-bond acceptors (Lipinski definition) is 1. The third-order valence-electron chi connectivity index (χ3n) is 2.17. The molecule has 0 aromatic carbocycles. The third kappa shape index (κ3) is 5.17. The number of rotatable bonds is 5. The van der Waals surface area contributed by atoms with Crippen LogP contribution in [0.1, 0.15) is 26.7 Å². The lowest BCUT2D eigenvalue weighted by Gasteiger charge is -2.16. The molecular formula is C9H14Cl2O2. The highest BCUT2D eigenvalue weighted by atomic mass is 35.5. The van der Waals surface area contributed by atoms with Crippen LogP contribution < -0.4 is 0 Å². The van der Waals surface area contributed by atoms with E-state index in [2.05, 4.69) is 0 Å². The Balaban J connectivity index is 4.27. The van der Waals surface area contributed by atoms with Gasteiger partial charge in [-0.2, -0.15) is 0 Å². The zero-order chi connectivity index (χ0) is 10.4. The number of halogens is 2. The Kier molecular flexibility index (Phi) is 6.17. The molecule has 2 unspecified atom stereocenters. The zero-order valence-corrected chi connectivity index (χ0v) is 9.27. The standard InChI is InChI=1S/C9H14Cl2O2/c1-3-6(2)7(9(12)13)4-5-8(10)11/h5-7H,3-4H2,1-2H3,(H,12,13). The Morgan fingerprint density at radius 1 is 1.54 bits per heavy atom. The first-order valence-electron chi connectivity index (χ1n) is 4.23. The van der Waals surface area contributed by atoms with Gasteiger partial charge in [0.15, 0.2) is 0 Å². The molecule has 0 spiro atoms. The lowest BCUT2D eigenvalue weighted by Crippen LogP contribution is -2.20. The van der Waals surface area contributed by atoms with Crippen molar-refractivity contribution in [2.75, 3.05) is 0 Å². The van der Waals surface area contributed by atoms with Gasteiger partial charge in [-0.3, -0.25) is 4.79 Å². The summed E-state index contributed by atoms with van der Waals surface area (Å²) in [6, 6.07) is 0. The summed E-state index contributed by atoms with van der Waals surface area (Å²) >= 11 is 10.8. The van der Waals surface area contributed by atoms with Crippen molar-refractivity contribution < 1.29 is 9.90 Å². The van der Waals surface area contributed by atoms with Gasteiger partial charge in [-0.15, -0.1) is 0 Å². The van der Waals surface area contributed by atoms with Crippen molar-refractivity contribution in [3.05, 3.63) is 10.6 Å². The summed E-state index contributed by atoms with van der Waals surface area (Å²) in [5.74, 6) is -1.04. The molecule has 0 saturated heterocycles. The monoisotopic (exact) mass is 224 g/mol. The van der Waals surface area contributed by atoms with E-state index in [9.17, 15) is 4.79 Å². The van der Waals surface area contributed by atoms with E-state index in [0.29, 0.717) is 6.42 Å². The maximum absolute atomic E-state index is 10.8. The average molecular weight is 225 g/mol. The molecule has 0 amide bonds. The number of carboxylic acid groups (broad SMARTS) is 1. The lowest BCUT2D eigenvalue weighted by atomic mass is 9.89. The summed E-state index contributed by atoms with van der Waals surface area (Å²) in [4.78, 5) is 10.8. The second-order valence-corrected chi connectivity index (χ2v) is 4.07. The Labute approximate surface area is 88.5 Å². The van der Waals surface area contributed by atoms with E-state index in [-0.39, 0.29) is 10.4 Å². The van der Waals surface area contributed by atoms with Gasteiger partial charge in [-0.05, 0) is 12.3 Å². The van der Waals surface area contributed by atoms with Crippen LogP contribution >= 0.6 is 23.2 Å². The van der Waals surface area contributed by atoms with Crippen LogP contribution in [-0.2, 0) is 4.79 Å². The Bertz CT molecular complexity index is 198. The first-order valence-corrected chi connectivity index (χ1v) is 4.98. The van der Waals surface area contributed by atoms with Crippen molar-refractivity contribution in [3.63, 3.8) is 0 Å². The number of aliphatic carboxylic acids is 1. The third-order valence-corrected chi connectivity index (χ3v) is 2.48. The van der Waals surface area contributed by atoms with E-state index in [1.165, 1.54) is 6.08 Å². The van der Waals surface area contributed by atoms with Crippen LogP contribution in [0.3, 0.4) is 0 Å². The minimum absolute atomic E-state index is 0.134. The van der Waals surface area contributed by atoms with Gasteiger partial charge in [0.05, 0.1) is 5.92 Å². The molecule has 76 valence electrons.